The summed E-state index contributed by atoms with van der Waals surface area (Å²) >= 11 is 3.43. The lowest BCUT2D eigenvalue weighted by Crippen LogP contribution is -2.47. The molecule has 1 fully saturated rings. The van der Waals surface area contributed by atoms with Crippen LogP contribution in [0.15, 0.2) is 46.9 Å². The molecule has 2 aliphatic rings. The maximum Gasteiger partial charge on any atom is 0.263 e. The van der Waals surface area contributed by atoms with Crippen molar-refractivity contribution in [3.05, 3.63) is 58.1 Å². The SMILES string of the molecule is COc1ccc2c(c1)[C@@]1(C[C@@H](O)C[C@H](c3ccc(Br)cc3)O1)C(=O)N2C. The van der Waals surface area contributed by atoms with Gasteiger partial charge in [-0.05, 0) is 35.9 Å². The smallest absolute Gasteiger partial charge is 0.263 e. The van der Waals surface area contributed by atoms with Crippen LogP contribution < -0.4 is 9.64 Å². The minimum atomic E-state index is -1.19. The zero-order valence-corrected chi connectivity index (χ0v) is 16.2. The van der Waals surface area contributed by atoms with Gasteiger partial charge in [-0.25, -0.2) is 0 Å². The molecule has 0 bridgehead atoms. The van der Waals surface area contributed by atoms with Gasteiger partial charge in [0.05, 0.1) is 25.0 Å². The quantitative estimate of drug-likeness (QED) is 0.811. The number of aliphatic hydroxyl groups is 1. The summed E-state index contributed by atoms with van der Waals surface area (Å²) in [6.07, 6.45) is -0.295. The zero-order valence-electron chi connectivity index (χ0n) is 14.6. The van der Waals surface area contributed by atoms with Crippen LogP contribution in [0.2, 0.25) is 0 Å². The van der Waals surface area contributed by atoms with E-state index >= 15 is 0 Å². The monoisotopic (exact) mass is 417 g/mol. The number of nitrogens with zero attached hydrogens (tertiary/aromatic N) is 1. The molecule has 6 heteroatoms. The van der Waals surface area contributed by atoms with Crippen molar-refractivity contribution >= 4 is 27.5 Å². The first-order valence-corrected chi connectivity index (χ1v) is 9.32. The van der Waals surface area contributed by atoms with Crippen LogP contribution >= 0.6 is 15.9 Å². The third-order valence-electron chi connectivity index (χ3n) is 5.24. The molecule has 5 nitrogen and oxygen atoms in total. The van der Waals surface area contributed by atoms with Crippen molar-refractivity contribution in [2.24, 2.45) is 0 Å². The van der Waals surface area contributed by atoms with Crippen LogP contribution in [0.1, 0.15) is 30.1 Å². The molecule has 0 unspecified atom stereocenters. The van der Waals surface area contributed by atoms with Crippen molar-refractivity contribution in [3.63, 3.8) is 0 Å². The standard InChI is InChI=1S/C20H20BrNO4/c1-22-17-8-7-15(25-2)10-16(17)20(19(22)24)11-14(23)9-18(26-20)12-3-5-13(21)6-4-12/h3-8,10,14,18,23H,9,11H2,1-2H3/t14-,18+,20-/m0/s1. The number of methoxy groups -OCH3 is 1. The van der Waals surface area contributed by atoms with Gasteiger partial charge in [0.15, 0.2) is 5.60 Å². The van der Waals surface area contributed by atoms with Crippen molar-refractivity contribution in [2.75, 3.05) is 19.1 Å². The largest absolute Gasteiger partial charge is 0.497 e. The summed E-state index contributed by atoms with van der Waals surface area (Å²) in [6.45, 7) is 0. The van der Waals surface area contributed by atoms with Crippen molar-refractivity contribution in [2.45, 2.75) is 30.7 Å². The van der Waals surface area contributed by atoms with Gasteiger partial charge in [-0.3, -0.25) is 4.79 Å². The molecule has 0 radical (unpaired) electrons. The molecule has 1 spiro atoms. The van der Waals surface area contributed by atoms with Gasteiger partial charge >= 0.3 is 0 Å². The maximum absolute atomic E-state index is 13.2. The molecule has 4 rings (SSSR count). The number of carbonyl (C=O) groups excluding carboxylic acids is 1. The number of likely N-dealkylation sites (N-methyl/N-ethyl adjacent to an activating group) is 1. The van der Waals surface area contributed by atoms with Crippen molar-refractivity contribution in [1.29, 1.82) is 0 Å². The first-order chi connectivity index (χ1) is 12.4. The van der Waals surface area contributed by atoms with Crippen molar-refractivity contribution < 1.29 is 19.4 Å². The Morgan fingerprint density at radius 1 is 1.27 bits per heavy atom. The molecule has 3 atom stereocenters. The summed E-state index contributed by atoms with van der Waals surface area (Å²) in [5, 5.41) is 10.6. The lowest BCUT2D eigenvalue weighted by molar-refractivity contribution is -0.181. The molecule has 2 aliphatic heterocycles. The number of benzene rings is 2. The summed E-state index contributed by atoms with van der Waals surface area (Å²) in [5.41, 5.74) is 1.30. The molecule has 0 aromatic heterocycles. The Morgan fingerprint density at radius 2 is 2.00 bits per heavy atom. The number of hydrogen-bond acceptors (Lipinski definition) is 4. The van der Waals surface area contributed by atoms with E-state index in [0.29, 0.717) is 12.2 Å². The fraction of sp³-hybridized carbons (Fsp3) is 0.350. The van der Waals surface area contributed by atoms with E-state index in [1.807, 2.05) is 42.5 Å². The van der Waals surface area contributed by atoms with E-state index in [4.69, 9.17) is 9.47 Å². The molecule has 0 aliphatic carbocycles. The molecule has 26 heavy (non-hydrogen) atoms. The number of amides is 1. The second-order valence-electron chi connectivity index (χ2n) is 6.83. The summed E-state index contributed by atoms with van der Waals surface area (Å²) in [7, 11) is 3.33. The number of carbonyl (C=O) groups is 1. The van der Waals surface area contributed by atoms with E-state index in [9.17, 15) is 9.90 Å². The normalized spacial score (nSPS) is 27.7. The summed E-state index contributed by atoms with van der Waals surface area (Å²) in [5.74, 6) is 0.511. The zero-order chi connectivity index (χ0) is 18.5. The van der Waals surface area contributed by atoms with E-state index in [2.05, 4.69) is 15.9 Å². The van der Waals surface area contributed by atoms with Crippen LogP contribution in [0, 0.1) is 0 Å². The van der Waals surface area contributed by atoms with E-state index in [0.717, 1.165) is 21.3 Å². The number of hydrogen-bond donors (Lipinski definition) is 1. The number of aliphatic hydroxyl groups excluding tert-OH is 1. The predicted molar refractivity (Wildman–Crippen MR) is 101 cm³/mol. The highest BCUT2D eigenvalue weighted by molar-refractivity contribution is 9.10. The molecular formula is C20H20BrNO4. The topological polar surface area (TPSA) is 59.0 Å². The molecule has 1 N–H and O–H groups in total. The molecule has 1 saturated heterocycles. The Hall–Kier alpha value is -1.89. The molecule has 2 aromatic carbocycles. The number of ether oxygens (including phenoxy) is 2. The number of fused-ring (bicyclic) bond motifs is 2. The predicted octanol–water partition coefficient (Wildman–Crippen LogP) is 3.54. The molecule has 1 amide bonds. The van der Waals surface area contributed by atoms with Gasteiger partial charge in [-0.2, -0.15) is 0 Å². The van der Waals surface area contributed by atoms with Gasteiger partial charge < -0.3 is 19.5 Å². The molecule has 0 saturated carbocycles. The third kappa shape index (κ3) is 2.64. The minimum Gasteiger partial charge on any atom is -0.497 e. The van der Waals surface area contributed by atoms with Crippen LogP contribution in [0.5, 0.6) is 5.75 Å². The Labute approximate surface area is 160 Å². The van der Waals surface area contributed by atoms with Gasteiger partial charge in [0.2, 0.25) is 0 Å². The van der Waals surface area contributed by atoms with E-state index in [-0.39, 0.29) is 18.4 Å². The Balaban J connectivity index is 1.80. The molecule has 2 heterocycles. The van der Waals surface area contributed by atoms with Crippen LogP contribution in [0.25, 0.3) is 0 Å². The lowest BCUT2D eigenvalue weighted by Gasteiger charge is -2.40. The Bertz CT molecular complexity index is 853. The molecule has 136 valence electrons. The first kappa shape index (κ1) is 17.5. The van der Waals surface area contributed by atoms with Crippen LogP contribution in [0.4, 0.5) is 5.69 Å². The summed E-state index contributed by atoms with van der Waals surface area (Å²) < 4.78 is 12.7. The van der Waals surface area contributed by atoms with Crippen LogP contribution in [0.3, 0.4) is 0 Å². The second-order valence-corrected chi connectivity index (χ2v) is 7.74. The maximum atomic E-state index is 13.2. The van der Waals surface area contributed by atoms with E-state index in [1.165, 1.54) is 0 Å². The van der Waals surface area contributed by atoms with Gasteiger partial charge in [0, 0.05) is 29.9 Å². The highest BCUT2D eigenvalue weighted by atomic mass is 79.9. The van der Waals surface area contributed by atoms with Gasteiger partial charge in [-0.15, -0.1) is 0 Å². The van der Waals surface area contributed by atoms with Crippen molar-refractivity contribution in [3.8, 4) is 5.75 Å². The number of anilines is 1. The highest BCUT2D eigenvalue weighted by Crippen LogP contribution is 2.52. The van der Waals surface area contributed by atoms with E-state index < -0.39 is 11.7 Å². The van der Waals surface area contributed by atoms with Crippen LogP contribution in [-0.2, 0) is 15.1 Å². The first-order valence-electron chi connectivity index (χ1n) is 8.52. The third-order valence-corrected chi connectivity index (χ3v) is 5.77. The fourth-order valence-electron chi connectivity index (χ4n) is 3.95. The fourth-order valence-corrected chi connectivity index (χ4v) is 4.21. The Morgan fingerprint density at radius 3 is 2.69 bits per heavy atom. The van der Waals surface area contributed by atoms with E-state index in [1.54, 1.807) is 19.1 Å². The molecular weight excluding hydrogens is 398 g/mol. The average Bonchev–Trinajstić information content (AvgIpc) is 2.83. The lowest BCUT2D eigenvalue weighted by atomic mass is 9.83. The second kappa shape index (κ2) is 6.37. The van der Waals surface area contributed by atoms with Gasteiger partial charge in [-0.1, -0.05) is 28.1 Å². The number of rotatable bonds is 2. The highest BCUT2D eigenvalue weighted by Gasteiger charge is 2.55. The van der Waals surface area contributed by atoms with Crippen molar-refractivity contribution in [1.82, 2.24) is 0 Å². The van der Waals surface area contributed by atoms with Crippen LogP contribution in [-0.4, -0.2) is 31.3 Å². The minimum absolute atomic E-state index is 0.151. The number of halogens is 1. The average molecular weight is 418 g/mol. The summed E-state index contributed by atoms with van der Waals surface area (Å²) in [6, 6.07) is 13.3. The Kier molecular flexibility index (Phi) is 4.29. The molecule has 2 aromatic rings. The van der Waals surface area contributed by atoms with Gasteiger partial charge in [0.1, 0.15) is 5.75 Å². The van der Waals surface area contributed by atoms with Gasteiger partial charge in [0.25, 0.3) is 5.91 Å². The summed E-state index contributed by atoms with van der Waals surface area (Å²) in [4.78, 5) is 14.8.